The summed E-state index contributed by atoms with van der Waals surface area (Å²) in [5.41, 5.74) is 3.10. The maximum Gasteiger partial charge on any atom is 0.490 e. The highest BCUT2D eigenvalue weighted by atomic mass is 19.4. The topological polar surface area (TPSA) is 108 Å². The Kier molecular flexibility index (Phi) is 9.26. The zero-order chi connectivity index (χ0) is 28.0. The summed E-state index contributed by atoms with van der Waals surface area (Å²) >= 11 is 0. The lowest BCUT2D eigenvalue weighted by molar-refractivity contribution is -0.192. The van der Waals surface area contributed by atoms with Gasteiger partial charge >= 0.3 is 12.1 Å². The van der Waals surface area contributed by atoms with Crippen LogP contribution in [-0.2, 0) is 4.79 Å². The highest BCUT2D eigenvalue weighted by Crippen LogP contribution is 2.35. The van der Waals surface area contributed by atoms with Gasteiger partial charge in [0.15, 0.2) is 11.6 Å². The number of carboxylic acid groups (broad SMARTS) is 1. The number of anilines is 1. The monoisotopic (exact) mass is 539 g/mol. The van der Waals surface area contributed by atoms with Gasteiger partial charge in [-0.15, -0.1) is 0 Å². The van der Waals surface area contributed by atoms with Gasteiger partial charge in [-0.25, -0.2) is 19.2 Å². The van der Waals surface area contributed by atoms with E-state index in [4.69, 9.17) is 14.6 Å². The van der Waals surface area contributed by atoms with E-state index < -0.39 is 18.0 Å². The van der Waals surface area contributed by atoms with E-state index in [2.05, 4.69) is 20.2 Å². The molecule has 2 aliphatic rings. The number of nitrogens with one attached hydrogen (secondary N) is 1. The molecule has 2 aromatic rings. The van der Waals surface area contributed by atoms with Crippen LogP contribution in [0, 0.1) is 5.82 Å². The molecule has 2 N–H and O–H groups in total. The molecule has 0 aliphatic carbocycles. The van der Waals surface area contributed by atoms with Crippen LogP contribution in [0.2, 0.25) is 0 Å². The Bertz CT molecular complexity index is 1200. The summed E-state index contributed by atoms with van der Waals surface area (Å²) in [6, 6.07) is 4.00. The minimum absolute atomic E-state index is 0.0127. The van der Waals surface area contributed by atoms with Gasteiger partial charge in [0.2, 0.25) is 0 Å². The zero-order valence-corrected chi connectivity index (χ0v) is 21.2. The third-order valence-electron chi connectivity index (χ3n) is 6.06. The summed E-state index contributed by atoms with van der Waals surface area (Å²) in [7, 11) is 0. The second-order valence-electron chi connectivity index (χ2n) is 8.92. The molecule has 13 heteroatoms. The standard InChI is InChI=1S/C23H28FN5O2.C2HF3O2/c1-4-29(15(2)3)23(30)19-9-18(24)5-6-20(19)31-21-12-26-14-27-22(21)28-8-7-16(13-28)17-10-25-11-17;3-2(4,5)1(6)7/h5-6,9,12,14-15,25H,4,7-8,10-11,13H2,1-3H3;(H,6,7). The summed E-state index contributed by atoms with van der Waals surface area (Å²) in [5, 5.41) is 10.4. The van der Waals surface area contributed by atoms with E-state index in [0.717, 1.165) is 32.6 Å². The predicted octanol–water partition coefficient (Wildman–Crippen LogP) is 4.02. The minimum atomic E-state index is -5.08. The number of carbonyl (C=O) groups is 2. The van der Waals surface area contributed by atoms with E-state index in [9.17, 15) is 22.4 Å². The molecule has 2 aliphatic heterocycles. The molecule has 206 valence electrons. The van der Waals surface area contributed by atoms with Crippen molar-refractivity contribution >= 4 is 17.7 Å². The highest BCUT2D eigenvalue weighted by molar-refractivity contribution is 5.97. The van der Waals surface area contributed by atoms with E-state index in [0.29, 0.717) is 23.9 Å². The Balaban J connectivity index is 0.000000505. The summed E-state index contributed by atoms with van der Waals surface area (Å²) in [6.07, 6.45) is -0.997. The lowest BCUT2D eigenvalue weighted by Crippen LogP contribution is -2.36. The Morgan fingerprint density at radius 1 is 1.21 bits per heavy atom. The van der Waals surface area contributed by atoms with Crippen LogP contribution in [0.5, 0.6) is 11.5 Å². The van der Waals surface area contributed by atoms with Gasteiger partial charge in [-0.2, -0.15) is 13.2 Å². The molecule has 1 amide bonds. The summed E-state index contributed by atoms with van der Waals surface area (Å²) in [6.45, 7) is 9.85. The van der Waals surface area contributed by atoms with Crippen molar-refractivity contribution in [1.82, 2.24) is 20.2 Å². The van der Waals surface area contributed by atoms with E-state index in [1.807, 2.05) is 20.8 Å². The maximum absolute atomic E-state index is 14.0. The molecular weight excluding hydrogens is 510 g/mol. The van der Waals surface area contributed by atoms with Crippen LogP contribution in [0.25, 0.3) is 0 Å². The number of aromatic nitrogens is 2. The van der Waals surface area contributed by atoms with Crippen molar-refractivity contribution in [1.29, 1.82) is 0 Å². The number of aliphatic carboxylic acids is 1. The number of rotatable bonds is 6. The largest absolute Gasteiger partial charge is 0.490 e. The third-order valence-corrected chi connectivity index (χ3v) is 6.06. The third kappa shape index (κ3) is 6.97. The molecule has 2 saturated heterocycles. The smallest absolute Gasteiger partial charge is 0.475 e. The van der Waals surface area contributed by atoms with Crippen molar-refractivity contribution in [2.24, 2.45) is 0 Å². The van der Waals surface area contributed by atoms with Gasteiger partial charge in [0, 0.05) is 38.8 Å². The summed E-state index contributed by atoms with van der Waals surface area (Å²) in [5.74, 6) is -2.08. The molecule has 0 unspecified atom stereocenters. The van der Waals surface area contributed by atoms with E-state index in [-0.39, 0.29) is 17.5 Å². The van der Waals surface area contributed by atoms with Gasteiger partial charge in [0.05, 0.1) is 11.8 Å². The fourth-order valence-corrected chi connectivity index (χ4v) is 4.02. The molecule has 3 heterocycles. The molecule has 38 heavy (non-hydrogen) atoms. The number of hydrogen-bond donors (Lipinski definition) is 2. The second-order valence-corrected chi connectivity index (χ2v) is 8.92. The number of benzene rings is 1. The van der Waals surface area contributed by atoms with Crippen LogP contribution in [-0.4, -0.2) is 76.8 Å². The highest BCUT2D eigenvalue weighted by Gasteiger charge is 2.38. The Labute approximate surface area is 217 Å². The van der Waals surface area contributed by atoms with Gasteiger partial charge in [-0.3, -0.25) is 4.79 Å². The van der Waals surface area contributed by atoms with Gasteiger partial charge in [-0.1, -0.05) is 0 Å². The van der Waals surface area contributed by atoms with Crippen molar-refractivity contribution in [3.05, 3.63) is 53.3 Å². The summed E-state index contributed by atoms with van der Waals surface area (Å²) < 4.78 is 51.9. The van der Waals surface area contributed by atoms with Crippen LogP contribution < -0.4 is 15.0 Å². The first-order valence-electron chi connectivity index (χ1n) is 12.0. The fraction of sp³-hybridized carbons (Fsp3) is 0.440. The molecule has 4 rings (SSSR count). The van der Waals surface area contributed by atoms with Crippen LogP contribution in [0.4, 0.5) is 23.4 Å². The van der Waals surface area contributed by atoms with Crippen molar-refractivity contribution in [3.8, 4) is 11.5 Å². The van der Waals surface area contributed by atoms with Gasteiger partial charge < -0.3 is 25.0 Å². The SMILES string of the molecule is CCN(C(=O)c1cc(F)ccc1Oc1cncnc1N1CCC(=C2CNC2)C1)C(C)C.O=C(O)C(F)(F)F. The molecule has 1 aromatic heterocycles. The molecule has 1 aromatic carbocycles. The Morgan fingerprint density at radius 2 is 1.89 bits per heavy atom. The van der Waals surface area contributed by atoms with E-state index >= 15 is 0 Å². The van der Waals surface area contributed by atoms with Gasteiger partial charge in [0.25, 0.3) is 5.91 Å². The van der Waals surface area contributed by atoms with Crippen molar-refractivity contribution in [2.45, 2.75) is 39.4 Å². The van der Waals surface area contributed by atoms with Gasteiger partial charge in [-0.05, 0) is 56.5 Å². The number of ether oxygens (including phenoxy) is 1. The van der Waals surface area contributed by atoms with Gasteiger partial charge in [0.1, 0.15) is 17.9 Å². The first-order valence-corrected chi connectivity index (χ1v) is 12.0. The number of amides is 1. The maximum atomic E-state index is 14.0. The molecule has 0 saturated carbocycles. The first kappa shape index (κ1) is 28.8. The Hall–Kier alpha value is -3.74. The number of alkyl halides is 3. The Morgan fingerprint density at radius 3 is 2.45 bits per heavy atom. The van der Waals surface area contributed by atoms with E-state index in [1.54, 1.807) is 11.1 Å². The van der Waals surface area contributed by atoms with Crippen LogP contribution >= 0.6 is 0 Å². The lowest BCUT2D eigenvalue weighted by Gasteiger charge is -2.26. The molecule has 0 radical (unpaired) electrons. The fourth-order valence-electron chi connectivity index (χ4n) is 4.02. The lowest BCUT2D eigenvalue weighted by atomic mass is 10.0. The van der Waals surface area contributed by atoms with Crippen LogP contribution in [0.3, 0.4) is 0 Å². The van der Waals surface area contributed by atoms with Crippen molar-refractivity contribution < 1.29 is 37.0 Å². The predicted molar refractivity (Wildman–Crippen MR) is 131 cm³/mol. The zero-order valence-electron chi connectivity index (χ0n) is 21.2. The quantitative estimate of drug-likeness (QED) is 0.419. The number of carbonyl (C=O) groups excluding carboxylic acids is 1. The minimum Gasteiger partial charge on any atom is -0.475 e. The van der Waals surface area contributed by atoms with Crippen LogP contribution in [0.15, 0.2) is 41.9 Å². The molecule has 0 bridgehead atoms. The number of hydrogen-bond acceptors (Lipinski definition) is 7. The average molecular weight is 540 g/mol. The van der Waals surface area contributed by atoms with Crippen molar-refractivity contribution in [3.63, 3.8) is 0 Å². The molecule has 9 nitrogen and oxygen atoms in total. The molecular formula is C25H29F4N5O4. The van der Waals surface area contributed by atoms with Crippen molar-refractivity contribution in [2.75, 3.05) is 37.6 Å². The molecule has 0 spiro atoms. The number of halogens is 4. The normalized spacial score (nSPS) is 15.1. The summed E-state index contributed by atoms with van der Waals surface area (Å²) in [4.78, 5) is 34.4. The number of carboxylic acids is 1. The van der Waals surface area contributed by atoms with Crippen LogP contribution in [0.1, 0.15) is 37.6 Å². The van der Waals surface area contributed by atoms with E-state index in [1.165, 1.54) is 35.7 Å². The number of nitrogens with zero attached hydrogens (tertiary/aromatic N) is 4. The first-order chi connectivity index (χ1) is 17.9. The molecule has 2 fully saturated rings. The molecule has 0 atom stereocenters. The average Bonchev–Trinajstić information content (AvgIpc) is 3.28. The second kappa shape index (κ2) is 12.2.